The molecule has 0 fully saturated rings. The predicted octanol–water partition coefficient (Wildman–Crippen LogP) is 2.00. The van der Waals surface area contributed by atoms with Crippen LogP contribution in [0.3, 0.4) is 0 Å². The van der Waals surface area contributed by atoms with E-state index in [2.05, 4.69) is 34.0 Å². The Morgan fingerprint density at radius 1 is 1.00 bits per heavy atom. The number of nitrogen functional groups attached to an aromatic ring is 1. The highest BCUT2D eigenvalue weighted by Crippen LogP contribution is 2.07. The van der Waals surface area contributed by atoms with Crippen LogP contribution in [0.2, 0.25) is 0 Å². The molecule has 4 nitrogen and oxygen atoms in total. The zero-order chi connectivity index (χ0) is 12.1. The van der Waals surface area contributed by atoms with E-state index in [-0.39, 0.29) is 0 Å². The summed E-state index contributed by atoms with van der Waals surface area (Å²) in [6.45, 7) is 2.09. The van der Waals surface area contributed by atoms with Crippen molar-refractivity contribution in [3.05, 3.63) is 47.5 Å². The van der Waals surface area contributed by atoms with Gasteiger partial charge in [-0.3, -0.25) is 0 Å². The molecule has 0 atom stereocenters. The molecule has 2 aromatic rings. The fourth-order valence-corrected chi connectivity index (χ4v) is 1.68. The highest BCUT2D eigenvalue weighted by atomic mass is 15.1. The summed E-state index contributed by atoms with van der Waals surface area (Å²) in [5.41, 5.74) is 6.86. The Labute approximate surface area is 101 Å². The molecule has 88 valence electrons. The summed E-state index contributed by atoms with van der Waals surface area (Å²) in [4.78, 5) is 12.7. The summed E-state index contributed by atoms with van der Waals surface area (Å²) < 4.78 is 0. The second kappa shape index (κ2) is 5.39. The van der Waals surface area contributed by atoms with Crippen LogP contribution in [0.1, 0.15) is 30.6 Å². The summed E-state index contributed by atoms with van der Waals surface area (Å²) >= 11 is 0. The van der Waals surface area contributed by atoms with E-state index in [0.29, 0.717) is 12.4 Å². The quantitative estimate of drug-likeness (QED) is 0.869. The van der Waals surface area contributed by atoms with Crippen LogP contribution >= 0.6 is 0 Å². The Balaban J connectivity index is 2.21. The minimum Gasteiger partial charge on any atom is -0.368 e. The van der Waals surface area contributed by atoms with Crippen LogP contribution in [-0.4, -0.2) is 15.0 Å². The molecule has 0 aliphatic heterocycles. The van der Waals surface area contributed by atoms with Crippen LogP contribution in [0.15, 0.2) is 30.3 Å². The highest BCUT2D eigenvalue weighted by molar-refractivity contribution is 5.22. The monoisotopic (exact) mass is 228 g/mol. The van der Waals surface area contributed by atoms with Crippen molar-refractivity contribution in [1.82, 2.24) is 15.0 Å². The van der Waals surface area contributed by atoms with Crippen LogP contribution in [0, 0.1) is 0 Å². The number of nitrogens with zero attached hydrogens (tertiary/aromatic N) is 3. The fourth-order valence-electron chi connectivity index (χ4n) is 1.68. The second-order valence-electron chi connectivity index (χ2n) is 3.94. The molecule has 0 radical (unpaired) electrons. The zero-order valence-electron chi connectivity index (χ0n) is 9.93. The molecule has 4 heteroatoms. The largest absolute Gasteiger partial charge is 0.368 e. The first-order valence-corrected chi connectivity index (χ1v) is 5.81. The first-order valence-electron chi connectivity index (χ1n) is 5.81. The number of nitrogens with two attached hydrogens (primary N) is 1. The standard InChI is InChI=1S/C13H16N4/c1-2-6-11-15-12(17-13(14)16-11)9-10-7-4-3-5-8-10/h3-5,7-8H,2,6,9H2,1H3,(H2,14,15,16,17). The van der Waals surface area contributed by atoms with Gasteiger partial charge in [0.15, 0.2) is 0 Å². The van der Waals surface area contributed by atoms with Crippen molar-refractivity contribution >= 4 is 5.95 Å². The molecule has 0 amide bonds. The van der Waals surface area contributed by atoms with Gasteiger partial charge in [-0.25, -0.2) is 4.98 Å². The van der Waals surface area contributed by atoms with Gasteiger partial charge in [-0.15, -0.1) is 0 Å². The lowest BCUT2D eigenvalue weighted by atomic mass is 10.1. The van der Waals surface area contributed by atoms with E-state index in [4.69, 9.17) is 5.73 Å². The van der Waals surface area contributed by atoms with Gasteiger partial charge in [-0.1, -0.05) is 37.3 Å². The van der Waals surface area contributed by atoms with Gasteiger partial charge in [0.05, 0.1) is 0 Å². The van der Waals surface area contributed by atoms with E-state index >= 15 is 0 Å². The van der Waals surface area contributed by atoms with Crippen molar-refractivity contribution in [3.8, 4) is 0 Å². The molecule has 1 aromatic carbocycles. The maximum absolute atomic E-state index is 5.68. The number of aromatic nitrogens is 3. The number of hydrogen-bond donors (Lipinski definition) is 1. The minimum atomic E-state index is 0.314. The van der Waals surface area contributed by atoms with E-state index in [1.807, 2.05) is 18.2 Å². The summed E-state index contributed by atoms with van der Waals surface area (Å²) in [5.74, 6) is 1.84. The first kappa shape index (κ1) is 11.5. The normalized spacial score (nSPS) is 10.4. The molecule has 1 aromatic heterocycles. The molecular formula is C13H16N4. The van der Waals surface area contributed by atoms with Crippen molar-refractivity contribution < 1.29 is 0 Å². The van der Waals surface area contributed by atoms with Gasteiger partial charge in [0.2, 0.25) is 5.95 Å². The van der Waals surface area contributed by atoms with Crippen LogP contribution in [0.25, 0.3) is 0 Å². The van der Waals surface area contributed by atoms with Crippen molar-refractivity contribution in [1.29, 1.82) is 0 Å². The fraction of sp³-hybridized carbons (Fsp3) is 0.308. The smallest absolute Gasteiger partial charge is 0.223 e. The molecule has 0 aliphatic carbocycles. The minimum absolute atomic E-state index is 0.314. The van der Waals surface area contributed by atoms with E-state index in [1.54, 1.807) is 0 Å². The molecule has 2 N–H and O–H groups in total. The van der Waals surface area contributed by atoms with Crippen LogP contribution in [0.5, 0.6) is 0 Å². The number of anilines is 1. The third kappa shape index (κ3) is 3.24. The van der Waals surface area contributed by atoms with Crippen molar-refractivity contribution in [2.45, 2.75) is 26.2 Å². The van der Waals surface area contributed by atoms with Gasteiger partial charge in [0, 0.05) is 12.8 Å². The second-order valence-corrected chi connectivity index (χ2v) is 3.94. The number of rotatable bonds is 4. The van der Waals surface area contributed by atoms with Crippen LogP contribution < -0.4 is 5.73 Å². The molecule has 0 aliphatic rings. The van der Waals surface area contributed by atoms with Gasteiger partial charge >= 0.3 is 0 Å². The average molecular weight is 228 g/mol. The molecule has 0 saturated carbocycles. The number of benzene rings is 1. The summed E-state index contributed by atoms with van der Waals surface area (Å²) in [5, 5.41) is 0. The molecule has 0 saturated heterocycles. The van der Waals surface area contributed by atoms with E-state index in [1.165, 1.54) is 5.56 Å². The SMILES string of the molecule is CCCc1nc(N)nc(Cc2ccccc2)n1. The lowest BCUT2D eigenvalue weighted by Crippen LogP contribution is -2.07. The predicted molar refractivity (Wildman–Crippen MR) is 67.5 cm³/mol. The molecule has 17 heavy (non-hydrogen) atoms. The van der Waals surface area contributed by atoms with Gasteiger partial charge in [0.1, 0.15) is 11.6 Å². The maximum atomic E-state index is 5.68. The Morgan fingerprint density at radius 3 is 2.41 bits per heavy atom. The third-order valence-corrected chi connectivity index (χ3v) is 2.42. The van der Waals surface area contributed by atoms with Crippen LogP contribution in [-0.2, 0) is 12.8 Å². The third-order valence-electron chi connectivity index (χ3n) is 2.42. The van der Waals surface area contributed by atoms with Gasteiger partial charge in [-0.2, -0.15) is 9.97 Å². The molecule has 1 heterocycles. The molecule has 0 spiro atoms. The Morgan fingerprint density at radius 2 is 1.71 bits per heavy atom. The Bertz CT molecular complexity index is 482. The average Bonchev–Trinajstić information content (AvgIpc) is 2.30. The van der Waals surface area contributed by atoms with Gasteiger partial charge in [0.25, 0.3) is 0 Å². The molecular weight excluding hydrogens is 212 g/mol. The van der Waals surface area contributed by atoms with E-state index < -0.39 is 0 Å². The Hall–Kier alpha value is -1.97. The van der Waals surface area contributed by atoms with Crippen LogP contribution in [0.4, 0.5) is 5.95 Å². The number of aryl methyl sites for hydroxylation is 1. The number of hydrogen-bond acceptors (Lipinski definition) is 4. The lowest BCUT2D eigenvalue weighted by Gasteiger charge is -2.04. The molecule has 0 bridgehead atoms. The van der Waals surface area contributed by atoms with Crippen molar-refractivity contribution in [2.24, 2.45) is 0 Å². The molecule has 2 rings (SSSR count). The topological polar surface area (TPSA) is 64.7 Å². The summed E-state index contributed by atoms with van der Waals surface area (Å²) in [7, 11) is 0. The molecule has 0 unspecified atom stereocenters. The lowest BCUT2D eigenvalue weighted by molar-refractivity contribution is 0.792. The summed E-state index contributed by atoms with van der Waals surface area (Å²) in [6.07, 6.45) is 2.55. The van der Waals surface area contributed by atoms with Crippen molar-refractivity contribution in [2.75, 3.05) is 5.73 Å². The zero-order valence-corrected chi connectivity index (χ0v) is 9.93. The van der Waals surface area contributed by atoms with Gasteiger partial charge in [-0.05, 0) is 12.0 Å². The van der Waals surface area contributed by atoms with Crippen molar-refractivity contribution in [3.63, 3.8) is 0 Å². The summed E-state index contributed by atoms with van der Waals surface area (Å²) in [6, 6.07) is 10.1. The van der Waals surface area contributed by atoms with E-state index in [9.17, 15) is 0 Å². The maximum Gasteiger partial charge on any atom is 0.223 e. The highest BCUT2D eigenvalue weighted by Gasteiger charge is 2.04. The van der Waals surface area contributed by atoms with E-state index in [0.717, 1.165) is 24.5 Å². The Kier molecular flexibility index (Phi) is 3.65. The van der Waals surface area contributed by atoms with Gasteiger partial charge < -0.3 is 5.73 Å². The first-order chi connectivity index (χ1) is 8.28.